The molecule has 0 N–H and O–H groups in total. The second-order valence-electron chi connectivity index (χ2n) is 6.89. The van der Waals surface area contributed by atoms with Gasteiger partial charge in [0, 0.05) is 23.1 Å². The molecule has 1 heterocycles. The maximum absolute atomic E-state index is 13.0. The molecule has 2 amide bonds. The van der Waals surface area contributed by atoms with Gasteiger partial charge in [-0.15, -0.1) is 0 Å². The minimum Gasteiger partial charge on any atom is -0.272 e. The van der Waals surface area contributed by atoms with Gasteiger partial charge in [-0.25, -0.2) is 0 Å². The monoisotopic (exact) mass is 528 g/mol. The maximum Gasteiger partial charge on any atom is 0.298 e. The van der Waals surface area contributed by atoms with E-state index in [4.69, 9.17) is 39.0 Å². The molecule has 4 rings (SSSR count). The first-order valence-corrected chi connectivity index (χ1v) is 11.7. The summed E-state index contributed by atoms with van der Waals surface area (Å²) in [5, 5.41) is 11.7. The van der Waals surface area contributed by atoms with Gasteiger partial charge in [-0.3, -0.25) is 28.8 Å². The third kappa shape index (κ3) is 4.16. The van der Waals surface area contributed by atoms with Gasteiger partial charge in [-0.05, 0) is 23.6 Å². The molecule has 33 heavy (non-hydrogen) atoms. The van der Waals surface area contributed by atoms with Crippen LogP contribution in [0, 0.1) is 10.1 Å². The molecule has 13 heteroatoms. The van der Waals surface area contributed by atoms with Crippen molar-refractivity contribution in [1.82, 2.24) is 4.90 Å². The van der Waals surface area contributed by atoms with Gasteiger partial charge in [0.15, 0.2) is 0 Å². The number of nitro groups is 1. The maximum atomic E-state index is 13.0. The quantitative estimate of drug-likeness (QED) is 0.149. The zero-order valence-corrected chi connectivity index (χ0v) is 19.3. The number of amides is 2. The number of carbonyl (C=O) groups excluding carboxylic acids is 2. The number of rotatable bonds is 6. The highest BCUT2D eigenvalue weighted by Gasteiger charge is 2.34. The van der Waals surface area contributed by atoms with Crippen LogP contribution in [0.2, 0.25) is 15.1 Å². The van der Waals surface area contributed by atoms with Crippen molar-refractivity contribution in [2.75, 3.05) is 13.2 Å². The van der Waals surface area contributed by atoms with Gasteiger partial charge >= 0.3 is 0 Å². The summed E-state index contributed by atoms with van der Waals surface area (Å²) in [5.74, 6) is -1.48. The number of hydrogen-bond donors (Lipinski definition) is 0. The molecular formula is C20H11Cl3N2O7S. The normalized spacial score (nSPS) is 13.6. The Bertz CT molecular complexity index is 1470. The minimum absolute atomic E-state index is 0.0372. The Morgan fingerprint density at radius 1 is 0.939 bits per heavy atom. The zero-order valence-electron chi connectivity index (χ0n) is 16.2. The van der Waals surface area contributed by atoms with E-state index in [1.54, 1.807) is 6.07 Å². The van der Waals surface area contributed by atoms with E-state index in [2.05, 4.69) is 0 Å². The second-order valence-corrected chi connectivity index (χ2v) is 9.69. The van der Waals surface area contributed by atoms with Crippen LogP contribution in [0.5, 0.6) is 0 Å². The first kappa shape index (κ1) is 23.4. The van der Waals surface area contributed by atoms with Crippen molar-refractivity contribution in [3.63, 3.8) is 0 Å². The lowest BCUT2D eigenvalue weighted by Gasteiger charge is -2.26. The minimum atomic E-state index is -4.40. The van der Waals surface area contributed by atoms with Crippen molar-refractivity contribution in [2.24, 2.45) is 0 Å². The van der Waals surface area contributed by atoms with Gasteiger partial charge in [-0.1, -0.05) is 46.9 Å². The molecule has 1 aliphatic heterocycles. The van der Waals surface area contributed by atoms with E-state index >= 15 is 0 Å². The molecule has 0 spiro atoms. The van der Waals surface area contributed by atoms with Crippen LogP contribution in [-0.2, 0) is 14.3 Å². The molecule has 0 bridgehead atoms. The fourth-order valence-corrected chi connectivity index (χ4v) is 5.32. The average molecular weight is 530 g/mol. The lowest BCUT2D eigenvalue weighted by atomic mass is 9.93. The number of hydrogen-bond acceptors (Lipinski definition) is 7. The van der Waals surface area contributed by atoms with Crippen molar-refractivity contribution >= 4 is 73.2 Å². The highest BCUT2D eigenvalue weighted by molar-refractivity contribution is 7.86. The predicted octanol–water partition coefficient (Wildman–Crippen LogP) is 4.71. The fourth-order valence-electron chi connectivity index (χ4n) is 3.45. The van der Waals surface area contributed by atoms with Crippen LogP contribution in [0.25, 0.3) is 10.8 Å². The summed E-state index contributed by atoms with van der Waals surface area (Å²) in [6.45, 7) is -1.02. The van der Waals surface area contributed by atoms with Crippen LogP contribution in [0.1, 0.15) is 20.7 Å². The number of imide groups is 1. The van der Waals surface area contributed by atoms with Gasteiger partial charge in [-0.2, -0.15) is 8.42 Å². The summed E-state index contributed by atoms with van der Waals surface area (Å²) in [6.07, 6.45) is 0. The molecule has 1 aliphatic rings. The Hall–Kier alpha value is -2.76. The summed E-state index contributed by atoms with van der Waals surface area (Å²) in [6, 6.07) is 9.09. The molecule has 0 aromatic heterocycles. The number of nitro benzene ring substituents is 1. The van der Waals surface area contributed by atoms with Gasteiger partial charge in [0.25, 0.3) is 27.6 Å². The lowest BCUT2D eigenvalue weighted by molar-refractivity contribution is -0.384. The van der Waals surface area contributed by atoms with Crippen LogP contribution in [0.3, 0.4) is 0 Å². The number of benzene rings is 3. The summed E-state index contributed by atoms with van der Waals surface area (Å²) < 4.78 is 30.0. The van der Waals surface area contributed by atoms with Gasteiger partial charge in [0.1, 0.15) is 4.90 Å². The molecule has 3 aromatic carbocycles. The van der Waals surface area contributed by atoms with E-state index in [0.717, 1.165) is 23.1 Å². The lowest BCUT2D eigenvalue weighted by Crippen LogP contribution is -2.42. The Balaban J connectivity index is 1.61. The number of carbonyl (C=O) groups is 2. The van der Waals surface area contributed by atoms with E-state index < -0.39 is 44.9 Å². The third-order valence-corrected chi connectivity index (χ3v) is 7.42. The van der Waals surface area contributed by atoms with Crippen molar-refractivity contribution in [3.8, 4) is 0 Å². The largest absolute Gasteiger partial charge is 0.298 e. The van der Waals surface area contributed by atoms with E-state index in [1.165, 1.54) is 18.2 Å². The molecule has 0 aliphatic carbocycles. The Labute approximate surface area is 201 Å². The van der Waals surface area contributed by atoms with E-state index in [9.17, 15) is 28.1 Å². The highest BCUT2D eigenvalue weighted by Crippen LogP contribution is 2.34. The average Bonchev–Trinajstić information content (AvgIpc) is 2.76. The Morgan fingerprint density at radius 2 is 1.61 bits per heavy atom. The topological polar surface area (TPSA) is 124 Å². The van der Waals surface area contributed by atoms with Crippen molar-refractivity contribution in [1.29, 1.82) is 0 Å². The van der Waals surface area contributed by atoms with E-state index in [1.807, 2.05) is 0 Å². The Kier molecular flexibility index (Phi) is 6.06. The summed E-state index contributed by atoms with van der Waals surface area (Å²) in [5.41, 5.74) is -0.192. The molecule has 0 fully saturated rings. The van der Waals surface area contributed by atoms with Crippen LogP contribution in [0.4, 0.5) is 5.69 Å². The SMILES string of the molecule is O=C1c2cccc3cc([N+](=O)[O-])cc(c23)C(=O)N1CCOS(=O)(=O)c1cc(Cl)c(Cl)cc1Cl. The third-order valence-electron chi connectivity index (χ3n) is 4.92. The van der Waals surface area contributed by atoms with Gasteiger partial charge in [0.2, 0.25) is 0 Å². The molecule has 9 nitrogen and oxygen atoms in total. The van der Waals surface area contributed by atoms with Crippen LogP contribution < -0.4 is 0 Å². The summed E-state index contributed by atoms with van der Waals surface area (Å²) in [4.78, 5) is 36.8. The molecule has 3 aromatic rings. The van der Waals surface area contributed by atoms with Crippen molar-refractivity contribution in [2.45, 2.75) is 4.90 Å². The van der Waals surface area contributed by atoms with E-state index in [0.29, 0.717) is 10.8 Å². The van der Waals surface area contributed by atoms with Crippen LogP contribution >= 0.6 is 34.8 Å². The van der Waals surface area contributed by atoms with Gasteiger partial charge in [0.05, 0.1) is 38.7 Å². The molecule has 0 saturated carbocycles. The highest BCUT2D eigenvalue weighted by atomic mass is 35.5. The van der Waals surface area contributed by atoms with Gasteiger partial charge < -0.3 is 0 Å². The molecular weight excluding hydrogens is 519 g/mol. The van der Waals surface area contributed by atoms with Crippen molar-refractivity contribution in [3.05, 3.63) is 78.8 Å². The standard InChI is InChI=1S/C20H11Cl3N2O7S/c21-14-8-16(23)17(9-15(14)22)33(30,31)32-5-4-24-19(26)12-3-1-2-10-6-11(25(28)29)7-13(18(10)12)20(24)27/h1-3,6-9H,4-5H2. The Morgan fingerprint density at radius 3 is 2.30 bits per heavy atom. The van der Waals surface area contributed by atoms with E-state index in [-0.39, 0.29) is 31.9 Å². The smallest absolute Gasteiger partial charge is 0.272 e. The molecule has 170 valence electrons. The summed E-state index contributed by atoms with van der Waals surface area (Å²) in [7, 11) is -4.40. The fraction of sp³-hybridized carbons (Fsp3) is 0.100. The van der Waals surface area contributed by atoms with Crippen LogP contribution in [0.15, 0.2) is 47.4 Å². The molecule has 0 atom stereocenters. The molecule has 0 radical (unpaired) electrons. The predicted molar refractivity (Wildman–Crippen MR) is 121 cm³/mol. The van der Waals surface area contributed by atoms with Crippen molar-refractivity contribution < 1.29 is 27.1 Å². The number of non-ortho nitro benzene ring substituents is 1. The number of nitrogens with zero attached hydrogens (tertiary/aromatic N) is 2. The first-order chi connectivity index (χ1) is 15.5. The molecule has 0 unspecified atom stereocenters. The van der Waals surface area contributed by atoms with Crippen LogP contribution in [-0.4, -0.2) is 43.2 Å². The second kappa shape index (κ2) is 8.54. The first-order valence-electron chi connectivity index (χ1n) is 9.12. The molecule has 0 saturated heterocycles. The number of halogens is 3. The zero-order chi connectivity index (χ0) is 24.1. The summed E-state index contributed by atoms with van der Waals surface area (Å²) >= 11 is 17.6.